The van der Waals surface area contributed by atoms with E-state index in [9.17, 15) is 21.2 Å². The van der Waals surface area contributed by atoms with Crippen LogP contribution in [0, 0.1) is 5.82 Å². The van der Waals surface area contributed by atoms with Crippen molar-refractivity contribution < 1.29 is 21.2 Å². The first kappa shape index (κ1) is 20.9. The van der Waals surface area contributed by atoms with Crippen molar-refractivity contribution in [2.45, 2.75) is 14.4 Å². The van der Waals surface area contributed by atoms with Crippen LogP contribution in [0.5, 0.6) is 0 Å². The topological polar surface area (TPSA) is 80.3 Å². The lowest BCUT2D eigenvalue weighted by atomic mass is 10.1. The van der Waals surface area contributed by atoms with Crippen LogP contribution in [-0.4, -0.2) is 23.4 Å². The summed E-state index contributed by atoms with van der Waals surface area (Å²) in [5, 5.41) is 0.404. The highest BCUT2D eigenvalue weighted by atomic mass is 35.5. The van der Waals surface area contributed by atoms with Gasteiger partial charge in [0.1, 0.15) is 20.2 Å². The number of nitrogens with one attached hydrogen (secondary N) is 1. The van der Waals surface area contributed by atoms with Crippen molar-refractivity contribution in [3.05, 3.63) is 82.4 Å². The van der Waals surface area contributed by atoms with Gasteiger partial charge in [0, 0.05) is 6.54 Å². The molecule has 1 N–H and O–H groups in total. The second kappa shape index (κ2) is 8.30. The van der Waals surface area contributed by atoms with E-state index in [-0.39, 0.29) is 19.7 Å². The van der Waals surface area contributed by atoms with E-state index in [0.717, 1.165) is 23.5 Å². The van der Waals surface area contributed by atoms with Gasteiger partial charge in [-0.3, -0.25) is 0 Å². The summed E-state index contributed by atoms with van der Waals surface area (Å²) in [5.74, 6) is -0.521. The van der Waals surface area contributed by atoms with Gasteiger partial charge in [-0.1, -0.05) is 41.9 Å². The third-order valence-electron chi connectivity index (χ3n) is 3.98. The Hall–Kier alpha value is -1.78. The predicted octanol–water partition coefficient (Wildman–Crippen LogP) is 4.03. The number of halogens is 2. The third kappa shape index (κ3) is 4.44. The van der Waals surface area contributed by atoms with E-state index < -0.39 is 37.5 Å². The summed E-state index contributed by atoms with van der Waals surface area (Å²) in [6.45, 7) is -0.431. The fraction of sp³-hybridized carbons (Fsp3) is 0.111. The molecule has 10 heteroatoms. The van der Waals surface area contributed by atoms with Crippen molar-refractivity contribution in [1.29, 1.82) is 0 Å². The molecule has 1 unspecified atom stereocenters. The van der Waals surface area contributed by atoms with Crippen LogP contribution in [0.3, 0.4) is 0 Å². The van der Waals surface area contributed by atoms with Crippen LogP contribution in [0.25, 0.3) is 0 Å². The molecule has 0 radical (unpaired) electrons. The summed E-state index contributed by atoms with van der Waals surface area (Å²) < 4.78 is 67.0. The lowest BCUT2D eigenvalue weighted by Gasteiger charge is -2.18. The molecule has 0 saturated heterocycles. The Morgan fingerprint density at radius 3 is 2.25 bits per heavy atom. The number of sulfone groups is 1. The molecule has 1 heterocycles. The van der Waals surface area contributed by atoms with Gasteiger partial charge in [-0.05, 0) is 41.3 Å². The SMILES string of the molecule is O=S(=O)(NCC(c1ccc(F)cc1)S(=O)(=O)c1cccs1)c1ccccc1Cl. The van der Waals surface area contributed by atoms with Gasteiger partial charge < -0.3 is 0 Å². The Bertz CT molecular complexity index is 1160. The monoisotopic (exact) mass is 459 g/mol. The molecule has 0 saturated carbocycles. The first-order valence-electron chi connectivity index (χ1n) is 7.99. The van der Waals surface area contributed by atoms with Crippen molar-refractivity contribution in [3.63, 3.8) is 0 Å². The van der Waals surface area contributed by atoms with Crippen LogP contribution in [0.2, 0.25) is 5.02 Å². The number of hydrogen-bond acceptors (Lipinski definition) is 5. The van der Waals surface area contributed by atoms with Gasteiger partial charge in [0.05, 0.1) is 5.02 Å². The molecule has 0 bridgehead atoms. The van der Waals surface area contributed by atoms with Gasteiger partial charge in [0.15, 0.2) is 9.84 Å². The highest BCUT2D eigenvalue weighted by Crippen LogP contribution is 2.32. The Balaban J connectivity index is 1.97. The molecule has 0 aliphatic heterocycles. The zero-order chi connectivity index (χ0) is 20.4. The molecule has 0 fully saturated rings. The summed E-state index contributed by atoms with van der Waals surface area (Å²) in [6, 6.07) is 13.8. The molecule has 5 nitrogen and oxygen atoms in total. The Labute approximate surface area is 171 Å². The number of rotatable bonds is 7. The minimum absolute atomic E-state index is 0.0226. The number of benzene rings is 2. The smallest absolute Gasteiger partial charge is 0.222 e. The lowest BCUT2D eigenvalue weighted by molar-refractivity contribution is 0.569. The summed E-state index contributed by atoms with van der Waals surface area (Å²) in [5.41, 5.74) is 0.275. The maximum absolute atomic E-state index is 13.3. The Morgan fingerprint density at radius 1 is 0.964 bits per heavy atom. The third-order valence-corrected chi connectivity index (χ3v) is 9.43. The van der Waals surface area contributed by atoms with Gasteiger partial charge in [-0.15, -0.1) is 11.3 Å². The minimum atomic E-state index is -4.05. The highest BCUT2D eigenvalue weighted by Gasteiger charge is 2.32. The van der Waals surface area contributed by atoms with E-state index in [4.69, 9.17) is 11.6 Å². The molecule has 0 aliphatic rings. The summed E-state index contributed by atoms with van der Waals surface area (Å²) >= 11 is 6.98. The average molecular weight is 460 g/mol. The fourth-order valence-corrected chi connectivity index (χ4v) is 7.11. The Morgan fingerprint density at radius 2 is 1.64 bits per heavy atom. The molecule has 0 spiro atoms. The first-order chi connectivity index (χ1) is 13.2. The van der Waals surface area contributed by atoms with E-state index in [2.05, 4.69) is 4.72 Å². The summed E-state index contributed by atoms with van der Waals surface area (Å²) in [4.78, 5) is -0.150. The molecule has 1 aromatic heterocycles. The van der Waals surface area contributed by atoms with Crippen LogP contribution in [0.4, 0.5) is 4.39 Å². The van der Waals surface area contributed by atoms with Crippen molar-refractivity contribution in [2.24, 2.45) is 0 Å². The largest absolute Gasteiger partial charge is 0.242 e. The van der Waals surface area contributed by atoms with Crippen molar-refractivity contribution in [3.8, 4) is 0 Å². The molecule has 0 amide bonds. The van der Waals surface area contributed by atoms with Crippen LogP contribution in [0.1, 0.15) is 10.8 Å². The van der Waals surface area contributed by atoms with E-state index >= 15 is 0 Å². The standard InChI is InChI=1S/C18H15ClFNO4S3/c19-15-4-1-2-5-16(15)28(24,25)21-12-17(13-7-9-14(20)10-8-13)27(22,23)18-6-3-11-26-18/h1-11,17,21H,12H2. The maximum atomic E-state index is 13.3. The van der Waals surface area contributed by atoms with E-state index in [1.165, 1.54) is 36.4 Å². The van der Waals surface area contributed by atoms with Gasteiger partial charge in [0.2, 0.25) is 10.0 Å². The maximum Gasteiger partial charge on any atom is 0.242 e. The van der Waals surface area contributed by atoms with Crippen LogP contribution in [-0.2, 0) is 19.9 Å². The average Bonchev–Trinajstić information content (AvgIpc) is 3.19. The predicted molar refractivity (Wildman–Crippen MR) is 107 cm³/mol. The van der Waals surface area contributed by atoms with Crippen LogP contribution >= 0.6 is 22.9 Å². The molecule has 28 heavy (non-hydrogen) atoms. The molecule has 148 valence electrons. The van der Waals surface area contributed by atoms with Gasteiger partial charge >= 0.3 is 0 Å². The van der Waals surface area contributed by atoms with Crippen LogP contribution in [0.15, 0.2) is 75.1 Å². The van der Waals surface area contributed by atoms with Gasteiger partial charge in [-0.2, -0.15) is 0 Å². The quantitative estimate of drug-likeness (QED) is 0.578. The second-order valence-corrected chi connectivity index (χ2v) is 11.2. The molecular formula is C18H15ClFNO4S3. The first-order valence-corrected chi connectivity index (χ1v) is 12.3. The molecule has 3 rings (SSSR count). The molecule has 2 aromatic carbocycles. The van der Waals surface area contributed by atoms with Gasteiger partial charge in [-0.25, -0.2) is 25.9 Å². The van der Waals surface area contributed by atoms with Crippen molar-refractivity contribution in [2.75, 3.05) is 6.54 Å². The summed E-state index contributed by atoms with van der Waals surface area (Å²) in [6.07, 6.45) is 0. The fourth-order valence-electron chi connectivity index (χ4n) is 2.58. The number of hydrogen-bond donors (Lipinski definition) is 1. The van der Waals surface area contributed by atoms with E-state index in [0.29, 0.717) is 0 Å². The van der Waals surface area contributed by atoms with E-state index in [1.54, 1.807) is 17.5 Å². The molecular weight excluding hydrogens is 445 g/mol. The minimum Gasteiger partial charge on any atom is -0.222 e. The number of thiophene rings is 1. The zero-order valence-corrected chi connectivity index (χ0v) is 17.5. The van der Waals surface area contributed by atoms with E-state index in [1.807, 2.05) is 0 Å². The lowest BCUT2D eigenvalue weighted by Crippen LogP contribution is -2.32. The molecule has 3 aromatic rings. The summed E-state index contributed by atoms with van der Waals surface area (Å²) in [7, 11) is -7.95. The van der Waals surface area contributed by atoms with Crippen molar-refractivity contribution in [1.82, 2.24) is 4.72 Å². The van der Waals surface area contributed by atoms with Gasteiger partial charge in [0.25, 0.3) is 0 Å². The Kier molecular flexibility index (Phi) is 6.21. The van der Waals surface area contributed by atoms with Crippen molar-refractivity contribution >= 4 is 42.8 Å². The zero-order valence-electron chi connectivity index (χ0n) is 14.2. The molecule has 0 aliphatic carbocycles. The molecule has 1 atom stereocenters. The highest BCUT2D eigenvalue weighted by molar-refractivity contribution is 7.93. The normalized spacial score (nSPS) is 13.4. The second-order valence-electron chi connectivity index (χ2n) is 5.80. The number of sulfonamides is 1. The van der Waals surface area contributed by atoms with Crippen LogP contribution < -0.4 is 4.72 Å².